The number of amides is 1. The summed E-state index contributed by atoms with van der Waals surface area (Å²) in [5.74, 6) is -2.69. The maximum absolute atomic E-state index is 13.3. The Kier molecular flexibility index (Phi) is 4.84. The number of hydrogen-bond acceptors (Lipinski definition) is 3. The summed E-state index contributed by atoms with van der Waals surface area (Å²) in [4.78, 5) is 11.4. The number of benzene rings is 1. The first-order valence-corrected chi connectivity index (χ1v) is 5.17. The molecule has 1 rings (SSSR count). The molecule has 0 bridgehead atoms. The van der Waals surface area contributed by atoms with Crippen LogP contribution in [0.25, 0.3) is 0 Å². The molecule has 94 valence electrons. The van der Waals surface area contributed by atoms with Crippen LogP contribution in [0, 0.1) is 11.6 Å². The molecule has 0 aliphatic rings. The van der Waals surface area contributed by atoms with E-state index >= 15 is 0 Å². The Bertz CT molecular complexity index is 411. The minimum absolute atomic E-state index is 0.0198. The number of nitrogens with one attached hydrogen (secondary N) is 1. The second-order valence-corrected chi connectivity index (χ2v) is 3.32. The highest BCUT2D eigenvalue weighted by molar-refractivity contribution is 5.94. The highest BCUT2D eigenvalue weighted by Crippen LogP contribution is 2.24. The van der Waals surface area contributed by atoms with Crippen molar-refractivity contribution >= 4 is 17.3 Å². The SMILES string of the molecule is CCOCCC(=O)Nc1c(N)ccc(F)c1F. The first-order chi connectivity index (χ1) is 8.06. The average Bonchev–Trinajstić information content (AvgIpc) is 2.30. The molecular formula is C11H14F2N2O2. The highest BCUT2D eigenvalue weighted by Gasteiger charge is 2.14. The Balaban J connectivity index is 2.68. The lowest BCUT2D eigenvalue weighted by molar-refractivity contribution is -0.117. The van der Waals surface area contributed by atoms with E-state index in [2.05, 4.69) is 5.32 Å². The van der Waals surface area contributed by atoms with Crippen LogP contribution < -0.4 is 11.1 Å². The summed E-state index contributed by atoms with van der Waals surface area (Å²) >= 11 is 0. The first-order valence-electron chi connectivity index (χ1n) is 5.17. The summed E-state index contributed by atoms with van der Waals surface area (Å²) in [6, 6.07) is 2.09. The third kappa shape index (κ3) is 3.67. The zero-order valence-electron chi connectivity index (χ0n) is 9.43. The van der Waals surface area contributed by atoms with E-state index in [1.807, 2.05) is 0 Å². The number of ether oxygens (including phenoxy) is 1. The van der Waals surface area contributed by atoms with Crippen molar-refractivity contribution in [3.63, 3.8) is 0 Å². The van der Waals surface area contributed by atoms with Crippen LogP contribution in [-0.2, 0) is 9.53 Å². The number of nitrogen functional groups attached to an aromatic ring is 1. The molecule has 0 spiro atoms. The van der Waals surface area contributed by atoms with E-state index in [1.165, 1.54) is 6.07 Å². The Morgan fingerprint density at radius 1 is 1.47 bits per heavy atom. The van der Waals surface area contributed by atoms with Gasteiger partial charge in [-0.25, -0.2) is 8.78 Å². The molecule has 0 atom stereocenters. The molecule has 3 N–H and O–H groups in total. The Labute approximate surface area is 97.8 Å². The number of rotatable bonds is 5. The summed E-state index contributed by atoms with van der Waals surface area (Å²) < 4.78 is 31.2. The van der Waals surface area contributed by atoms with Gasteiger partial charge >= 0.3 is 0 Å². The van der Waals surface area contributed by atoms with Gasteiger partial charge in [0.05, 0.1) is 18.7 Å². The van der Waals surface area contributed by atoms with E-state index < -0.39 is 17.5 Å². The van der Waals surface area contributed by atoms with Gasteiger partial charge in [-0.15, -0.1) is 0 Å². The van der Waals surface area contributed by atoms with Gasteiger partial charge in [0.15, 0.2) is 11.6 Å². The Morgan fingerprint density at radius 2 is 2.18 bits per heavy atom. The monoisotopic (exact) mass is 244 g/mol. The van der Waals surface area contributed by atoms with Crippen molar-refractivity contribution in [1.82, 2.24) is 0 Å². The normalized spacial score (nSPS) is 10.3. The minimum Gasteiger partial charge on any atom is -0.397 e. The maximum atomic E-state index is 13.3. The Morgan fingerprint density at radius 3 is 2.82 bits per heavy atom. The second kappa shape index (κ2) is 6.15. The summed E-state index contributed by atoms with van der Waals surface area (Å²) in [7, 11) is 0. The third-order valence-corrected chi connectivity index (χ3v) is 2.07. The minimum atomic E-state index is -1.16. The van der Waals surface area contributed by atoms with Gasteiger partial charge in [-0.3, -0.25) is 4.79 Å². The quantitative estimate of drug-likeness (QED) is 0.614. The van der Waals surface area contributed by atoms with Crippen molar-refractivity contribution in [3.05, 3.63) is 23.8 Å². The van der Waals surface area contributed by atoms with Gasteiger partial charge in [0, 0.05) is 6.61 Å². The molecule has 17 heavy (non-hydrogen) atoms. The van der Waals surface area contributed by atoms with Crippen molar-refractivity contribution in [2.24, 2.45) is 0 Å². The zero-order valence-corrected chi connectivity index (χ0v) is 9.43. The fourth-order valence-corrected chi connectivity index (χ4v) is 1.20. The van der Waals surface area contributed by atoms with Gasteiger partial charge in [0.25, 0.3) is 0 Å². The molecule has 0 heterocycles. The predicted molar refractivity (Wildman–Crippen MR) is 60.5 cm³/mol. The Hall–Kier alpha value is -1.69. The molecule has 0 aliphatic heterocycles. The lowest BCUT2D eigenvalue weighted by atomic mass is 10.2. The van der Waals surface area contributed by atoms with Gasteiger partial charge in [0.2, 0.25) is 5.91 Å². The lowest BCUT2D eigenvalue weighted by Crippen LogP contribution is -2.16. The van der Waals surface area contributed by atoms with Crippen LogP contribution >= 0.6 is 0 Å². The molecule has 0 aromatic heterocycles. The van der Waals surface area contributed by atoms with E-state index in [9.17, 15) is 13.6 Å². The van der Waals surface area contributed by atoms with Gasteiger partial charge in [-0.1, -0.05) is 0 Å². The van der Waals surface area contributed by atoms with Crippen LogP contribution in [-0.4, -0.2) is 19.1 Å². The number of halogens is 2. The third-order valence-electron chi connectivity index (χ3n) is 2.07. The van der Waals surface area contributed by atoms with Gasteiger partial charge in [-0.2, -0.15) is 0 Å². The summed E-state index contributed by atoms with van der Waals surface area (Å²) in [5, 5.41) is 2.22. The number of hydrogen-bond donors (Lipinski definition) is 2. The van der Waals surface area contributed by atoms with E-state index in [0.717, 1.165) is 6.07 Å². The molecule has 0 aliphatic carbocycles. The number of anilines is 2. The highest BCUT2D eigenvalue weighted by atomic mass is 19.2. The largest absolute Gasteiger partial charge is 0.397 e. The fraction of sp³-hybridized carbons (Fsp3) is 0.364. The zero-order chi connectivity index (χ0) is 12.8. The number of nitrogens with two attached hydrogens (primary N) is 1. The fourth-order valence-electron chi connectivity index (χ4n) is 1.20. The van der Waals surface area contributed by atoms with Crippen molar-refractivity contribution in [2.45, 2.75) is 13.3 Å². The summed E-state index contributed by atoms with van der Waals surface area (Å²) in [6.07, 6.45) is 0.0588. The van der Waals surface area contributed by atoms with Crippen molar-refractivity contribution < 1.29 is 18.3 Å². The molecular weight excluding hydrogens is 230 g/mol. The number of carbonyl (C=O) groups is 1. The van der Waals surface area contributed by atoms with E-state index in [-0.39, 0.29) is 24.4 Å². The molecule has 6 heteroatoms. The van der Waals surface area contributed by atoms with Crippen LogP contribution in [0.4, 0.5) is 20.2 Å². The van der Waals surface area contributed by atoms with E-state index in [4.69, 9.17) is 10.5 Å². The molecule has 1 aromatic rings. The second-order valence-electron chi connectivity index (χ2n) is 3.32. The topological polar surface area (TPSA) is 64.3 Å². The summed E-state index contributed by atoms with van der Waals surface area (Å²) in [5.41, 5.74) is 5.09. The van der Waals surface area contributed by atoms with Crippen molar-refractivity contribution in [2.75, 3.05) is 24.3 Å². The van der Waals surface area contributed by atoms with Gasteiger partial charge in [-0.05, 0) is 19.1 Å². The predicted octanol–water partition coefficient (Wildman–Crippen LogP) is 1.91. The first kappa shape index (κ1) is 13.4. The molecule has 0 unspecified atom stereocenters. The van der Waals surface area contributed by atoms with Gasteiger partial charge in [0.1, 0.15) is 5.69 Å². The molecule has 1 aromatic carbocycles. The molecule has 0 saturated carbocycles. The number of carbonyl (C=O) groups excluding carboxylic acids is 1. The van der Waals surface area contributed by atoms with Crippen LogP contribution in [0.3, 0.4) is 0 Å². The van der Waals surface area contributed by atoms with E-state index in [0.29, 0.717) is 6.61 Å². The maximum Gasteiger partial charge on any atom is 0.226 e. The van der Waals surface area contributed by atoms with Crippen molar-refractivity contribution in [1.29, 1.82) is 0 Å². The summed E-state index contributed by atoms with van der Waals surface area (Å²) in [6.45, 7) is 2.51. The lowest BCUT2D eigenvalue weighted by Gasteiger charge is -2.09. The van der Waals surface area contributed by atoms with E-state index in [1.54, 1.807) is 6.92 Å². The molecule has 0 fully saturated rings. The molecule has 0 radical (unpaired) electrons. The molecule has 4 nitrogen and oxygen atoms in total. The average molecular weight is 244 g/mol. The van der Waals surface area contributed by atoms with Gasteiger partial charge < -0.3 is 15.8 Å². The van der Waals surface area contributed by atoms with Crippen LogP contribution in [0.2, 0.25) is 0 Å². The molecule has 0 saturated heterocycles. The smallest absolute Gasteiger partial charge is 0.226 e. The van der Waals surface area contributed by atoms with Crippen LogP contribution in [0.15, 0.2) is 12.1 Å². The molecule has 1 amide bonds. The standard InChI is InChI=1S/C11H14F2N2O2/c1-2-17-6-5-9(16)15-11-8(14)4-3-7(12)10(11)13/h3-4H,2,5-6,14H2,1H3,(H,15,16). The van der Waals surface area contributed by atoms with Crippen molar-refractivity contribution in [3.8, 4) is 0 Å². The van der Waals surface area contributed by atoms with Crippen LogP contribution in [0.1, 0.15) is 13.3 Å². The van der Waals surface area contributed by atoms with Crippen LogP contribution in [0.5, 0.6) is 0 Å².